The summed E-state index contributed by atoms with van der Waals surface area (Å²) < 4.78 is 5.10. The molecular weight excluding hydrogens is 244 g/mol. The number of carbonyl (C=O) groups is 1. The summed E-state index contributed by atoms with van der Waals surface area (Å²) in [6.07, 6.45) is -0.541. The molecule has 19 heavy (non-hydrogen) atoms. The van der Waals surface area contributed by atoms with Crippen molar-refractivity contribution in [2.24, 2.45) is 5.16 Å². The zero-order valence-electron chi connectivity index (χ0n) is 11.7. The number of hydrogen-bond acceptors (Lipinski definition) is 4. The van der Waals surface area contributed by atoms with E-state index < -0.39 is 11.7 Å². The molecule has 0 heterocycles. The van der Waals surface area contributed by atoms with Crippen molar-refractivity contribution < 1.29 is 14.7 Å². The first kappa shape index (κ1) is 15.0. The van der Waals surface area contributed by atoms with Crippen LogP contribution in [0.3, 0.4) is 0 Å². The van der Waals surface area contributed by atoms with Crippen LogP contribution in [0.2, 0.25) is 0 Å². The molecule has 2 N–H and O–H groups in total. The fourth-order valence-electron chi connectivity index (χ4n) is 1.41. The van der Waals surface area contributed by atoms with E-state index in [1.165, 1.54) is 0 Å². The maximum Gasteiger partial charge on any atom is 0.407 e. The Labute approximate surface area is 113 Å². The molecule has 1 amide bonds. The topological polar surface area (TPSA) is 70.9 Å². The van der Waals surface area contributed by atoms with Crippen LogP contribution < -0.4 is 5.32 Å². The molecule has 0 aromatic heterocycles. The smallest absolute Gasteiger partial charge is 0.407 e. The number of nitrogens with zero attached hydrogens (tertiary/aromatic N) is 1. The summed E-state index contributed by atoms with van der Waals surface area (Å²) in [6, 6.07) is 7.49. The number of oxime groups is 1. The van der Waals surface area contributed by atoms with Crippen LogP contribution in [0.1, 0.15) is 31.9 Å². The molecule has 0 fully saturated rings. The first-order chi connectivity index (χ1) is 8.81. The summed E-state index contributed by atoms with van der Waals surface area (Å²) in [4.78, 5) is 11.5. The third-order valence-electron chi connectivity index (χ3n) is 2.30. The van der Waals surface area contributed by atoms with Gasteiger partial charge in [-0.05, 0) is 27.7 Å². The maximum absolute atomic E-state index is 11.5. The van der Waals surface area contributed by atoms with Gasteiger partial charge in [0, 0.05) is 5.56 Å². The van der Waals surface area contributed by atoms with Gasteiger partial charge >= 0.3 is 6.09 Å². The van der Waals surface area contributed by atoms with Crippen molar-refractivity contribution >= 4 is 11.8 Å². The average molecular weight is 264 g/mol. The third-order valence-corrected chi connectivity index (χ3v) is 2.30. The highest BCUT2D eigenvalue weighted by Crippen LogP contribution is 2.07. The number of amides is 1. The summed E-state index contributed by atoms with van der Waals surface area (Å²) in [5.41, 5.74) is 1.70. The Morgan fingerprint density at radius 3 is 2.37 bits per heavy atom. The molecule has 1 aromatic rings. The van der Waals surface area contributed by atoms with Crippen molar-refractivity contribution in [1.82, 2.24) is 5.32 Å². The van der Waals surface area contributed by atoms with Gasteiger partial charge in [-0.15, -0.1) is 0 Å². The van der Waals surface area contributed by atoms with Crippen molar-refractivity contribution in [3.8, 4) is 0 Å². The summed E-state index contributed by atoms with van der Waals surface area (Å²) >= 11 is 0. The Bertz CT molecular complexity index is 459. The fourth-order valence-corrected chi connectivity index (χ4v) is 1.41. The summed E-state index contributed by atoms with van der Waals surface area (Å²) in [6.45, 7) is 7.43. The molecule has 0 spiro atoms. The second-order valence-corrected chi connectivity index (χ2v) is 5.27. The fraction of sp³-hybridized carbons (Fsp3) is 0.429. The Hall–Kier alpha value is -2.04. The minimum atomic E-state index is -0.551. The Kier molecular flexibility index (Phi) is 4.92. The highest BCUT2D eigenvalue weighted by atomic mass is 16.6. The van der Waals surface area contributed by atoms with E-state index in [2.05, 4.69) is 10.5 Å². The predicted octanol–water partition coefficient (Wildman–Crippen LogP) is 2.70. The van der Waals surface area contributed by atoms with Crippen LogP contribution in [0, 0.1) is 6.92 Å². The molecule has 5 nitrogen and oxygen atoms in total. The zero-order chi connectivity index (χ0) is 14.5. The number of ether oxygens (including phenoxy) is 1. The molecule has 1 rings (SSSR count). The summed E-state index contributed by atoms with van der Waals surface area (Å²) in [5.74, 6) is 0. The third kappa shape index (κ3) is 5.42. The first-order valence-electron chi connectivity index (χ1n) is 6.06. The minimum absolute atomic E-state index is 0.106. The SMILES string of the molecule is Cc1ccc(/C(CNC(=O)OC(C)(C)C)=N/O)cc1. The van der Waals surface area contributed by atoms with Crippen molar-refractivity contribution in [2.75, 3.05) is 6.54 Å². The van der Waals surface area contributed by atoms with E-state index in [0.717, 1.165) is 11.1 Å². The van der Waals surface area contributed by atoms with Crippen molar-refractivity contribution in [3.05, 3.63) is 35.4 Å². The van der Waals surface area contributed by atoms with Crippen LogP contribution >= 0.6 is 0 Å². The lowest BCUT2D eigenvalue weighted by molar-refractivity contribution is 0.0536. The van der Waals surface area contributed by atoms with E-state index in [-0.39, 0.29) is 6.54 Å². The molecular formula is C14H20N2O3. The Morgan fingerprint density at radius 1 is 1.32 bits per heavy atom. The number of hydrogen-bond donors (Lipinski definition) is 2. The Morgan fingerprint density at radius 2 is 1.89 bits per heavy atom. The van der Waals surface area contributed by atoms with Gasteiger partial charge in [-0.2, -0.15) is 0 Å². The van der Waals surface area contributed by atoms with Gasteiger partial charge < -0.3 is 15.3 Å². The number of carbonyl (C=O) groups excluding carboxylic acids is 1. The molecule has 0 aliphatic heterocycles. The molecule has 104 valence electrons. The van der Waals surface area contributed by atoms with Gasteiger partial charge in [-0.3, -0.25) is 0 Å². The number of rotatable bonds is 3. The normalized spacial score (nSPS) is 12.1. The molecule has 1 aromatic carbocycles. The predicted molar refractivity (Wildman–Crippen MR) is 73.7 cm³/mol. The van der Waals surface area contributed by atoms with E-state index in [1.54, 1.807) is 20.8 Å². The second kappa shape index (κ2) is 6.22. The lowest BCUT2D eigenvalue weighted by Crippen LogP contribution is -2.35. The van der Waals surface area contributed by atoms with Crippen molar-refractivity contribution in [3.63, 3.8) is 0 Å². The van der Waals surface area contributed by atoms with Crippen LogP contribution in [-0.2, 0) is 4.74 Å². The molecule has 0 radical (unpaired) electrons. The van der Waals surface area contributed by atoms with Crippen molar-refractivity contribution in [1.29, 1.82) is 0 Å². The van der Waals surface area contributed by atoms with Gasteiger partial charge in [0.2, 0.25) is 0 Å². The van der Waals surface area contributed by atoms with Gasteiger partial charge in [0.05, 0.1) is 6.54 Å². The van der Waals surface area contributed by atoms with Crippen LogP contribution in [0.25, 0.3) is 0 Å². The Balaban J connectivity index is 2.60. The molecule has 0 saturated heterocycles. The van der Waals surface area contributed by atoms with Crippen LogP contribution in [0.5, 0.6) is 0 Å². The zero-order valence-corrected chi connectivity index (χ0v) is 11.7. The summed E-state index contributed by atoms with van der Waals surface area (Å²) in [5, 5.41) is 14.7. The largest absolute Gasteiger partial charge is 0.444 e. The number of benzene rings is 1. The standard InChI is InChI=1S/C14H20N2O3/c1-10-5-7-11(8-6-10)12(16-18)9-15-13(17)19-14(2,3)4/h5-8,18H,9H2,1-4H3,(H,15,17)/b16-12+. The maximum atomic E-state index is 11.5. The van der Waals surface area contributed by atoms with E-state index in [0.29, 0.717) is 5.71 Å². The van der Waals surface area contributed by atoms with Gasteiger partial charge in [0.15, 0.2) is 0 Å². The highest BCUT2D eigenvalue weighted by molar-refractivity contribution is 6.02. The number of nitrogens with one attached hydrogen (secondary N) is 1. The molecule has 0 atom stereocenters. The molecule has 0 saturated carbocycles. The number of alkyl carbamates (subject to hydrolysis) is 1. The minimum Gasteiger partial charge on any atom is -0.444 e. The van der Waals surface area contributed by atoms with Crippen LogP contribution in [-0.4, -0.2) is 29.2 Å². The quantitative estimate of drug-likeness (QED) is 0.501. The van der Waals surface area contributed by atoms with Crippen LogP contribution in [0.15, 0.2) is 29.4 Å². The highest BCUT2D eigenvalue weighted by Gasteiger charge is 2.16. The van der Waals surface area contributed by atoms with E-state index >= 15 is 0 Å². The van der Waals surface area contributed by atoms with E-state index in [1.807, 2.05) is 31.2 Å². The summed E-state index contributed by atoms with van der Waals surface area (Å²) in [7, 11) is 0. The second-order valence-electron chi connectivity index (χ2n) is 5.27. The molecule has 0 unspecified atom stereocenters. The molecule has 0 aliphatic rings. The average Bonchev–Trinajstić information content (AvgIpc) is 2.29. The van der Waals surface area contributed by atoms with Gasteiger partial charge in [0.25, 0.3) is 0 Å². The lowest BCUT2D eigenvalue weighted by Gasteiger charge is -2.19. The van der Waals surface area contributed by atoms with Gasteiger partial charge in [-0.1, -0.05) is 35.0 Å². The van der Waals surface area contributed by atoms with E-state index in [9.17, 15) is 4.79 Å². The van der Waals surface area contributed by atoms with Crippen molar-refractivity contribution in [2.45, 2.75) is 33.3 Å². The van der Waals surface area contributed by atoms with Gasteiger partial charge in [-0.25, -0.2) is 4.79 Å². The molecule has 0 aliphatic carbocycles. The number of aryl methyl sites for hydroxylation is 1. The van der Waals surface area contributed by atoms with E-state index in [4.69, 9.17) is 9.94 Å². The van der Waals surface area contributed by atoms with Gasteiger partial charge in [0.1, 0.15) is 11.3 Å². The monoisotopic (exact) mass is 264 g/mol. The molecule has 0 bridgehead atoms. The molecule has 5 heteroatoms. The first-order valence-corrected chi connectivity index (χ1v) is 6.06. The van der Waals surface area contributed by atoms with Crippen LogP contribution in [0.4, 0.5) is 4.79 Å². The lowest BCUT2D eigenvalue weighted by atomic mass is 10.1.